The molecule has 0 saturated carbocycles. The quantitative estimate of drug-likeness (QED) is 0.687. The number of alkyl halides is 3. The van der Waals surface area contributed by atoms with E-state index >= 15 is 0 Å². The molecular formula is C10H16F3NO2. The summed E-state index contributed by atoms with van der Waals surface area (Å²) in [4.78, 5) is 13.0. The molecule has 0 unspecified atom stereocenters. The van der Waals surface area contributed by atoms with Crippen LogP contribution in [0, 0.1) is 11.8 Å². The first-order valence-electron chi connectivity index (χ1n) is 5.28. The summed E-state index contributed by atoms with van der Waals surface area (Å²) in [6.07, 6.45) is -4.13. The van der Waals surface area contributed by atoms with E-state index in [-0.39, 0.29) is 19.6 Å². The van der Waals surface area contributed by atoms with E-state index in [2.05, 4.69) is 4.74 Å². The van der Waals surface area contributed by atoms with E-state index in [1.807, 2.05) is 0 Å². The highest BCUT2D eigenvalue weighted by Crippen LogP contribution is 2.37. The summed E-state index contributed by atoms with van der Waals surface area (Å²) in [5.74, 6) is -3.38. The highest BCUT2D eigenvalue weighted by atomic mass is 19.4. The minimum atomic E-state index is -4.34. The standard InChI is InChI=1S/C10H16F3NO2/c1-3-16-9(15)7-4-5-14(2)6-8(7)10(11,12)13/h7-8H,3-6H2,1-2H3/t7-,8+/m1/s1. The number of carbonyl (C=O) groups is 1. The van der Waals surface area contributed by atoms with Crippen molar-refractivity contribution in [3.8, 4) is 0 Å². The van der Waals surface area contributed by atoms with Crippen LogP contribution in [0.1, 0.15) is 13.3 Å². The molecule has 6 heteroatoms. The highest BCUT2D eigenvalue weighted by molar-refractivity contribution is 5.73. The van der Waals surface area contributed by atoms with Gasteiger partial charge in [0.05, 0.1) is 18.4 Å². The molecule has 1 rings (SSSR count). The molecule has 2 atom stereocenters. The number of hydrogen-bond acceptors (Lipinski definition) is 3. The van der Waals surface area contributed by atoms with Crippen molar-refractivity contribution in [3.05, 3.63) is 0 Å². The lowest BCUT2D eigenvalue weighted by Gasteiger charge is -2.36. The fourth-order valence-electron chi connectivity index (χ4n) is 1.98. The molecule has 1 aliphatic rings. The van der Waals surface area contributed by atoms with Crippen molar-refractivity contribution in [2.45, 2.75) is 19.5 Å². The zero-order valence-corrected chi connectivity index (χ0v) is 9.38. The minimum Gasteiger partial charge on any atom is -0.466 e. The Morgan fingerprint density at radius 2 is 2.12 bits per heavy atom. The van der Waals surface area contributed by atoms with Crippen LogP contribution in [0.2, 0.25) is 0 Å². The second kappa shape index (κ2) is 5.03. The molecule has 0 bridgehead atoms. The van der Waals surface area contributed by atoms with Crippen LogP contribution in [0.3, 0.4) is 0 Å². The van der Waals surface area contributed by atoms with E-state index in [1.165, 1.54) is 0 Å². The van der Waals surface area contributed by atoms with Crippen molar-refractivity contribution in [2.24, 2.45) is 11.8 Å². The molecule has 1 saturated heterocycles. The number of piperidine rings is 1. The van der Waals surface area contributed by atoms with Crippen molar-refractivity contribution in [3.63, 3.8) is 0 Å². The van der Waals surface area contributed by atoms with Crippen LogP contribution < -0.4 is 0 Å². The van der Waals surface area contributed by atoms with Gasteiger partial charge in [-0.2, -0.15) is 13.2 Å². The molecule has 0 radical (unpaired) electrons. The van der Waals surface area contributed by atoms with Gasteiger partial charge in [0.15, 0.2) is 0 Å². The Hall–Kier alpha value is -0.780. The molecule has 0 aromatic heterocycles. The largest absolute Gasteiger partial charge is 0.466 e. The fraction of sp³-hybridized carbons (Fsp3) is 0.900. The van der Waals surface area contributed by atoms with Gasteiger partial charge in [0.2, 0.25) is 0 Å². The topological polar surface area (TPSA) is 29.5 Å². The lowest BCUT2D eigenvalue weighted by atomic mass is 9.85. The van der Waals surface area contributed by atoms with Gasteiger partial charge < -0.3 is 9.64 Å². The Bertz CT molecular complexity index is 255. The van der Waals surface area contributed by atoms with Crippen LogP contribution in [0.15, 0.2) is 0 Å². The predicted octanol–water partition coefficient (Wildman–Crippen LogP) is 1.68. The summed E-state index contributed by atoms with van der Waals surface area (Å²) < 4.78 is 42.9. The van der Waals surface area contributed by atoms with E-state index in [4.69, 9.17) is 0 Å². The third-order valence-corrected chi connectivity index (χ3v) is 2.83. The SMILES string of the molecule is CCOC(=O)[C@@H]1CCN(C)C[C@@H]1C(F)(F)F. The van der Waals surface area contributed by atoms with Gasteiger partial charge in [0.25, 0.3) is 0 Å². The van der Waals surface area contributed by atoms with E-state index in [1.54, 1.807) is 18.9 Å². The van der Waals surface area contributed by atoms with Gasteiger partial charge >= 0.3 is 12.1 Å². The molecule has 0 aromatic rings. The van der Waals surface area contributed by atoms with Gasteiger partial charge in [0, 0.05) is 6.54 Å². The number of halogens is 3. The Balaban J connectivity index is 2.76. The average molecular weight is 239 g/mol. The molecule has 94 valence electrons. The van der Waals surface area contributed by atoms with Crippen LogP contribution in [0.4, 0.5) is 13.2 Å². The lowest BCUT2D eigenvalue weighted by molar-refractivity contribution is -0.208. The van der Waals surface area contributed by atoms with Crippen LogP contribution in [-0.2, 0) is 9.53 Å². The Morgan fingerprint density at radius 3 is 2.62 bits per heavy atom. The Morgan fingerprint density at radius 1 is 1.50 bits per heavy atom. The Labute approximate surface area is 92.5 Å². The molecular weight excluding hydrogens is 223 g/mol. The number of ether oxygens (including phenoxy) is 1. The molecule has 0 aliphatic carbocycles. The van der Waals surface area contributed by atoms with Gasteiger partial charge in [-0.05, 0) is 26.9 Å². The van der Waals surface area contributed by atoms with Crippen molar-refractivity contribution in [1.29, 1.82) is 0 Å². The molecule has 1 heterocycles. The number of likely N-dealkylation sites (tertiary alicyclic amines) is 1. The van der Waals surface area contributed by atoms with Crippen molar-refractivity contribution in [1.82, 2.24) is 4.90 Å². The second-order valence-corrected chi connectivity index (χ2v) is 4.06. The summed E-state index contributed by atoms with van der Waals surface area (Å²) >= 11 is 0. The maximum atomic E-state index is 12.7. The van der Waals surface area contributed by atoms with Crippen LogP contribution in [0.25, 0.3) is 0 Å². The van der Waals surface area contributed by atoms with Crippen molar-refractivity contribution >= 4 is 5.97 Å². The monoisotopic (exact) mass is 239 g/mol. The predicted molar refractivity (Wildman–Crippen MR) is 51.8 cm³/mol. The zero-order chi connectivity index (χ0) is 12.3. The number of nitrogens with zero attached hydrogens (tertiary/aromatic N) is 1. The summed E-state index contributed by atoms with van der Waals surface area (Å²) in [5, 5.41) is 0. The van der Waals surface area contributed by atoms with Gasteiger partial charge in [0.1, 0.15) is 0 Å². The third-order valence-electron chi connectivity index (χ3n) is 2.83. The third kappa shape index (κ3) is 3.10. The first kappa shape index (κ1) is 13.3. The molecule has 0 aromatic carbocycles. The first-order valence-corrected chi connectivity index (χ1v) is 5.28. The number of rotatable bonds is 2. The summed E-state index contributed by atoms with van der Waals surface area (Å²) in [7, 11) is 1.63. The molecule has 16 heavy (non-hydrogen) atoms. The minimum absolute atomic E-state index is 0.121. The van der Waals surface area contributed by atoms with E-state index < -0.39 is 24.0 Å². The van der Waals surface area contributed by atoms with Crippen LogP contribution in [0.5, 0.6) is 0 Å². The normalized spacial score (nSPS) is 27.8. The average Bonchev–Trinajstić information content (AvgIpc) is 2.16. The molecule has 3 nitrogen and oxygen atoms in total. The van der Waals surface area contributed by atoms with E-state index in [0.29, 0.717) is 6.54 Å². The number of hydrogen-bond donors (Lipinski definition) is 0. The lowest BCUT2D eigenvalue weighted by Crippen LogP contribution is -2.48. The summed E-state index contributed by atoms with van der Waals surface area (Å²) in [6, 6.07) is 0. The summed E-state index contributed by atoms with van der Waals surface area (Å²) in [5.41, 5.74) is 0. The summed E-state index contributed by atoms with van der Waals surface area (Å²) in [6.45, 7) is 2.08. The molecule has 0 N–H and O–H groups in total. The Kier molecular flexibility index (Phi) is 4.18. The maximum absolute atomic E-state index is 12.7. The molecule has 0 amide bonds. The van der Waals surface area contributed by atoms with Gasteiger partial charge in [-0.3, -0.25) is 4.79 Å². The highest BCUT2D eigenvalue weighted by Gasteiger charge is 2.49. The zero-order valence-electron chi connectivity index (χ0n) is 9.38. The smallest absolute Gasteiger partial charge is 0.393 e. The van der Waals surface area contributed by atoms with Crippen molar-refractivity contribution in [2.75, 3.05) is 26.7 Å². The van der Waals surface area contributed by atoms with Crippen molar-refractivity contribution < 1.29 is 22.7 Å². The molecule has 1 fully saturated rings. The second-order valence-electron chi connectivity index (χ2n) is 4.06. The van der Waals surface area contributed by atoms with E-state index in [0.717, 1.165) is 0 Å². The van der Waals surface area contributed by atoms with E-state index in [9.17, 15) is 18.0 Å². The number of esters is 1. The number of carbonyl (C=O) groups excluding carboxylic acids is 1. The maximum Gasteiger partial charge on any atom is 0.393 e. The van der Waals surface area contributed by atoms with Crippen LogP contribution in [-0.4, -0.2) is 43.8 Å². The van der Waals surface area contributed by atoms with Crippen LogP contribution >= 0.6 is 0 Å². The van der Waals surface area contributed by atoms with Gasteiger partial charge in [-0.25, -0.2) is 0 Å². The fourth-order valence-corrected chi connectivity index (χ4v) is 1.98. The van der Waals surface area contributed by atoms with Gasteiger partial charge in [-0.1, -0.05) is 0 Å². The van der Waals surface area contributed by atoms with Gasteiger partial charge in [-0.15, -0.1) is 0 Å². The first-order chi connectivity index (χ1) is 7.36. The molecule has 0 spiro atoms. The molecule has 1 aliphatic heterocycles.